The molecule has 0 unspecified atom stereocenters. The number of phenolic OH excluding ortho intramolecular Hbond substituents is 1. The highest BCUT2D eigenvalue weighted by Gasteiger charge is 2.12. The van der Waals surface area contributed by atoms with Crippen LogP contribution >= 0.6 is 11.6 Å². The summed E-state index contributed by atoms with van der Waals surface area (Å²) >= 11 is 5.89. The second-order valence-corrected chi connectivity index (χ2v) is 5.79. The Balaban J connectivity index is 2.00. The lowest BCUT2D eigenvalue weighted by Crippen LogP contribution is -2.13. The number of carbonyl (C=O) groups is 1. The molecule has 4 nitrogen and oxygen atoms in total. The molecule has 3 rings (SSSR count). The first-order valence-electron chi connectivity index (χ1n) is 7.48. The van der Waals surface area contributed by atoms with Gasteiger partial charge in [0.25, 0.3) is 5.91 Å². The molecule has 3 aromatic carbocycles. The Kier molecular flexibility index (Phi) is 4.69. The van der Waals surface area contributed by atoms with E-state index in [2.05, 4.69) is 5.32 Å². The second kappa shape index (κ2) is 7.08. The van der Waals surface area contributed by atoms with Crippen LogP contribution in [0.3, 0.4) is 0 Å². The fraction of sp³-hybridized carbons (Fsp3) is 0. The van der Waals surface area contributed by atoms with Crippen molar-refractivity contribution < 1.29 is 9.90 Å². The normalized spacial score (nSPS) is 11.1. The number of halogens is 1. The van der Waals surface area contributed by atoms with Crippen LogP contribution in [0.4, 0.5) is 5.69 Å². The number of nitriles is 1. The predicted molar refractivity (Wildman–Crippen MR) is 99.3 cm³/mol. The number of amides is 1. The van der Waals surface area contributed by atoms with Crippen molar-refractivity contribution in [3.8, 4) is 11.8 Å². The highest BCUT2D eigenvalue weighted by molar-refractivity contribution is 6.31. The highest BCUT2D eigenvalue weighted by atomic mass is 35.5. The number of hydrogen-bond donors (Lipinski definition) is 2. The largest absolute Gasteiger partial charge is 0.507 e. The second-order valence-electron chi connectivity index (χ2n) is 5.35. The van der Waals surface area contributed by atoms with Crippen LogP contribution in [0.1, 0.15) is 5.56 Å². The molecule has 0 fully saturated rings. The van der Waals surface area contributed by atoms with Crippen LogP contribution < -0.4 is 5.32 Å². The molecule has 5 heteroatoms. The molecule has 0 saturated heterocycles. The van der Waals surface area contributed by atoms with Gasteiger partial charge in [0, 0.05) is 16.3 Å². The van der Waals surface area contributed by atoms with Crippen molar-refractivity contribution in [3.05, 3.63) is 76.8 Å². The van der Waals surface area contributed by atoms with E-state index in [0.29, 0.717) is 16.3 Å². The predicted octanol–water partition coefficient (Wildman–Crippen LogP) is 4.74. The maximum Gasteiger partial charge on any atom is 0.266 e. The SMILES string of the molecule is N#C/C(=C\c1c(O)ccc2ccccc12)C(=O)Nc1cccc(Cl)c1. The molecule has 0 atom stereocenters. The zero-order valence-electron chi connectivity index (χ0n) is 13.0. The summed E-state index contributed by atoms with van der Waals surface area (Å²) in [4.78, 5) is 12.4. The number of phenols is 1. The van der Waals surface area contributed by atoms with Crippen molar-refractivity contribution in [2.24, 2.45) is 0 Å². The molecule has 0 aliphatic rings. The molecular formula is C20H13ClN2O2. The zero-order valence-corrected chi connectivity index (χ0v) is 13.8. The number of benzene rings is 3. The Bertz CT molecular complexity index is 1040. The summed E-state index contributed by atoms with van der Waals surface area (Å²) in [7, 11) is 0. The smallest absolute Gasteiger partial charge is 0.266 e. The summed E-state index contributed by atoms with van der Waals surface area (Å²) < 4.78 is 0. The van der Waals surface area contributed by atoms with Gasteiger partial charge in [-0.25, -0.2) is 0 Å². The number of nitrogens with one attached hydrogen (secondary N) is 1. The van der Waals surface area contributed by atoms with Crippen LogP contribution in [0.2, 0.25) is 5.02 Å². The molecule has 2 N–H and O–H groups in total. The van der Waals surface area contributed by atoms with Crippen LogP contribution in [-0.4, -0.2) is 11.0 Å². The molecule has 0 heterocycles. The average Bonchev–Trinajstić information content (AvgIpc) is 2.61. The summed E-state index contributed by atoms with van der Waals surface area (Å²) in [6.07, 6.45) is 1.39. The average molecular weight is 349 g/mol. The number of fused-ring (bicyclic) bond motifs is 1. The molecule has 122 valence electrons. The van der Waals surface area contributed by atoms with Crippen LogP contribution in [0.25, 0.3) is 16.8 Å². The summed E-state index contributed by atoms with van der Waals surface area (Å²) in [5, 5.41) is 24.3. The minimum atomic E-state index is -0.572. The van der Waals surface area contributed by atoms with Crippen molar-refractivity contribution >= 4 is 40.0 Å². The fourth-order valence-electron chi connectivity index (χ4n) is 2.49. The molecule has 0 aliphatic carbocycles. The zero-order chi connectivity index (χ0) is 17.8. The third-order valence-electron chi connectivity index (χ3n) is 3.68. The minimum Gasteiger partial charge on any atom is -0.507 e. The molecule has 0 spiro atoms. The van der Waals surface area contributed by atoms with Crippen LogP contribution in [0.5, 0.6) is 5.75 Å². The van der Waals surface area contributed by atoms with Gasteiger partial charge in [-0.3, -0.25) is 4.79 Å². The Labute approximate surface area is 149 Å². The fourth-order valence-corrected chi connectivity index (χ4v) is 2.68. The van der Waals surface area contributed by atoms with Crippen molar-refractivity contribution in [1.82, 2.24) is 0 Å². The van der Waals surface area contributed by atoms with E-state index in [1.165, 1.54) is 12.1 Å². The van der Waals surface area contributed by atoms with E-state index in [1.54, 1.807) is 30.3 Å². The van der Waals surface area contributed by atoms with E-state index >= 15 is 0 Å². The van der Waals surface area contributed by atoms with Crippen molar-refractivity contribution in [1.29, 1.82) is 5.26 Å². The van der Waals surface area contributed by atoms with Gasteiger partial charge in [0.1, 0.15) is 17.4 Å². The standard InChI is InChI=1S/C20H13ClN2O2/c21-15-5-3-6-16(11-15)23-20(25)14(12-22)10-18-17-7-2-1-4-13(17)8-9-19(18)24/h1-11,24H,(H,23,25)/b14-10+. The van der Waals surface area contributed by atoms with Gasteiger partial charge in [0.05, 0.1) is 0 Å². The minimum absolute atomic E-state index is 0.00186. The molecule has 0 radical (unpaired) electrons. The highest BCUT2D eigenvalue weighted by Crippen LogP contribution is 2.29. The lowest BCUT2D eigenvalue weighted by atomic mass is 10.0. The summed E-state index contributed by atoms with van der Waals surface area (Å²) in [5.74, 6) is -0.570. The van der Waals surface area contributed by atoms with Gasteiger partial charge in [-0.2, -0.15) is 5.26 Å². The van der Waals surface area contributed by atoms with Gasteiger partial charge in [0.2, 0.25) is 0 Å². The van der Waals surface area contributed by atoms with Crippen LogP contribution in [0.15, 0.2) is 66.2 Å². The first kappa shape index (κ1) is 16.6. The molecular weight excluding hydrogens is 336 g/mol. The van der Waals surface area contributed by atoms with E-state index < -0.39 is 5.91 Å². The van der Waals surface area contributed by atoms with E-state index in [0.717, 1.165) is 10.8 Å². The monoisotopic (exact) mass is 348 g/mol. The van der Waals surface area contributed by atoms with Gasteiger partial charge in [-0.05, 0) is 41.1 Å². The van der Waals surface area contributed by atoms with Gasteiger partial charge >= 0.3 is 0 Å². The van der Waals surface area contributed by atoms with Gasteiger partial charge in [-0.1, -0.05) is 48.0 Å². The van der Waals surface area contributed by atoms with Crippen LogP contribution in [0, 0.1) is 11.3 Å². The topological polar surface area (TPSA) is 73.1 Å². The van der Waals surface area contributed by atoms with Crippen LogP contribution in [-0.2, 0) is 4.79 Å². The van der Waals surface area contributed by atoms with Crippen molar-refractivity contribution in [3.63, 3.8) is 0 Å². The quantitative estimate of drug-likeness (QED) is 0.530. The van der Waals surface area contributed by atoms with Gasteiger partial charge in [-0.15, -0.1) is 0 Å². The number of anilines is 1. The third-order valence-corrected chi connectivity index (χ3v) is 3.92. The number of rotatable bonds is 3. The maximum atomic E-state index is 12.4. The maximum absolute atomic E-state index is 12.4. The summed E-state index contributed by atoms with van der Waals surface area (Å²) in [6.45, 7) is 0. The summed E-state index contributed by atoms with van der Waals surface area (Å²) in [6, 6.07) is 19.3. The Morgan fingerprint density at radius 2 is 1.92 bits per heavy atom. The molecule has 0 aliphatic heterocycles. The van der Waals surface area contributed by atoms with E-state index in [4.69, 9.17) is 11.6 Å². The lowest BCUT2D eigenvalue weighted by Gasteiger charge is -2.07. The molecule has 3 aromatic rings. The Morgan fingerprint density at radius 3 is 2.68 bits per heavy atom. The van der Waals surface area contributed by atoms with E-state index in [9.17, 15) is 15.2 Å². The number of nitrogens with zero attached hydrogens (tertiary/aromatic N) is 1. The Morgan fingerprint density at radius 1 is 1.12 bits per heavy atom. The first-order valence-corrected chi connectivity index (χ1v) is 7.86. The number of hydrogen-bond acceptors (Lipinski definition) is 3. The number of carbonyl (C=O) groups excluding carboxylic acids is 1. The Hall–Kier alpha value is -3.29. The molecule has 1 amide bonds. The first-order chi connectivity index (χ1) is 12.1. The number of aromatic hydroxyl groups is 1. The molecule has 25 heavy (non-hydrogen) atoms. The lowest BCUT2D eigenvalue weighted by molar-refractivity contribution is -0.112. The van der Waals surface area contributed by atoms with Crippen molar-refractivity contribution in [2.75, 3.05) is 5.32 Å². The third kappa shape index (κ3) is 3.63. The van der Waals surface area contributed by atoms with Gasteiger partial charge in [0.15, 0.2) is 0 Å². The molecule has 0 aromatic heterocycles. The van der Waals surface area contributed by atoms with E-state index in [-0.39, 0.29) is 11.3 Å². The molecule has 0 saturated carbocycles. The summed E-state index contributed by atoms with van der Waals surface area (Å²) in [5.41, 5.74) is 0.795. The molecule has 0 bridgehead atoms. The van der Waals surface area contributed by atoms with Gasteiger partial charge < -0.3 is 10.4 Å². The van der Waals surface area contributed by atoms with E-state index in [1.807, 2.05) is 30.3 Å². The van der Waals surface area contributed by atoms with Crippen molar-refractivity contribution in [2.45, 2.75) is 0 Å².